The van der Waals surface area contributed by atoms with Crippen molar-refractivity contribution in [3.05, 3.63) is 28.8 Å². The van der Waals surface area contributed by atoms with Crippen LogP contribution in [0, 0.1) is 12.8 Å². The van der Waals surface area contributed by atoms with Gasteiger partial charge in [0.1, 0.15) is 0 Å². The summed E-state index contributed by atoms with van der Waals surface area (Å²) in [6.45, 7) is 1.82. The van der Waals surface area contributed by atoms with E-state index in [-0.39, 0.29) is 13.0 Å². The summed E-state index contributed by atoms with van der Waals surface area (Å²) in [6, 6.07) is 4.44. The van der Waals surface area contributed by atoms with Crippen molar-refractivity contribution in [1.29, 1.82) is 0 Å². The molecule has 21 heavy (non-hydrogen) atoms. The molecule has 2 amide bonds. The summed E-state index contributed by atoms with van der Waals surface area (Å²) < 4.78 is 38.2. The maximum atomic E-state index is 12.7. The lowest BCUT2D eigenvalue weighted by molar-refractivity contribution is -0.183. The topological polar surface area (TPSA) is 32.3 Å². The highest BCUT2D eigenvalue weighted by molar-refractivity contribution is 6.30. The number of piperidine rings is 1. The van der Waals surface area contributed by atoms with Crippen LogP contribution in [0.5, 0.6) is 0 Å². The van der Waals surface area contributed by atoms with Gasteiger partial charge in [-0.05, 0) is 43.5 Å². The Morgan fingerprint density at radius 3 is 2.76 bits per heavy atom. The molecule has 1 aromatic carbocycles. The van der Waals surface area contributed by atoms with E-state index in [1.54, 1.807) is 25.1 Å². The number of hydrogen-bond donors (Lipinski definition) is 1. The van der Waals surface area contributed by atoms with Crippen molar-refractivity contribution in [3.63, 3.8) is 0 Å². The minimum absolute atomic E-state index is 0.0766. The molecule has 1 fully saturated rings. The monoisotopic (exact) mass is 320 g/mol. The van der Waals surface area contributed by atoms with Gasteiger partial charge >= 0.3 is 12.2 Å². The fourth-order valence-electron chi connectivity index (χ4n) is 2.39. The Hall–Kier alpha value is -1.43. The Bertz CT molecular complexity index is 533. The number of carbonyl (C=O) groups excluding carboxylic acids is 1. The second-order valence-electron chi connectivity index (χ2n) is 5.22. The van der Waals surface area contributed by atoms with Crippen molar-refractivity contribution < 1.29 is 18.0 Å². The van der Waals surface area contributed by atoms with E-state index in [4.69, 9.17) is 11.6 Å². The Kier molecular flexibility index (Phi) is 4.66. The highest BCUT2D eigenvalue weighted by Gasteiger charge is 2.42. The molecule has 1 saturated heterocycles. The van der Waals surface area contributed by atoms with Gasteiger partial charge in [0, 0.05) is 23.8 Å². The molecule has 1 aliphatic heterocycles. The van der Waals surface area contributed by atoms with Gasteiger partial charge in [-0.2, -0.15) is 13.2 Å². The van der Waals surface area contributed by atoms with E-state index in [1.165, 1.54) is 4.90 Å². The maximum Gasteiger partial charge on any atom is 0.393 e. The molecule has 2 rings (SSSR count). The third-order valence-corrected chi connectivity index (χ3v) is 3.84. The zero-order valence-corrected chi connectivity index (χ0v) is 12.3. The SMILES string of the molecule is Cc1cc(Cl)ccc1NC(=O)N1CCCC(C(F)(F)F)C1. The predicted octanol–water partition coefficient (Wildman–Crippen LogP) is 4.45. The third kappa shape index (κ3) is 4.03. The summed E-state index contributed by atoms with van der Waals surface area (Å²) in [5.74, 6) is -1.44. The number of nitrogens with one attached hydrogen (secondary N) is 1. The molecule has 0 bridgehead atoms. The molecule has 7 heteroatoms. The van der Waals surface area contributed by atoms with Crippen LogP contribution in [0.3, 0.4) is 0 Å². The Morgan fingerprint density at radius 1 is 1.43 bits per heavy atom. The molecular formula is C14H16ClF3N2O. The minimum atomic E-state index is -4.25. The van der Waals surface area contributed by atoms with E-state index in [2.05, 4.69) is 5.32 Å². The zero-order valence-electron chi connectivity index (χ0n) is 11.5. The number of carbonyl (C=O) groups is 1. The van der Waals surface area contributed by atoms with Crippen LogP contribution < -0.4 is 5.32 Å². The van der Waals surface area contributed by atoms with Gasteiger partial charge in [-0.1, -0.05) is 11.6 Å². The molecule has 3 nitrogen and oxygen atoms in total. The van der Waals surface area contributed by atoms with Gasteiger partial charge in [-0.25, -0.2) is 4.79 Å². The average molecular weight is 321 g/mol. The first-order valence-corrected chi connectivity index (χ1v) is 7.04. The smallest absolute Gasteiger partial charge is 0.324 e. The molecule has 116 valence electrons. The first kappa shape index (κ1) is 15.9. The van der Waals surface area contributed by atoms with Gasteiger partial charge in [0.05, 0.1) is 5.92 Å². The van der Waals surface area contributed by atoms with Crippen LogP contribution in [-0.4, -0.2) is 30.2 Å². The molecule has 1 heterocycles. The van der Waals surface area contributed by atoms with Gasteiger partial charge in [0.25, 0.3) is 0 Å². The summed E-state index contributed by atoms with van der Waals surface area (Å²) in [5, 5.41) is 3.18. The molecule has 0 aromatic heterocycles. The van der Waals surface area contributed by atoms with E-state index in [0.29, 0.717) is 23.7 Å². The lowest BCUT2D eigenvalue weighted by Gasteiger charge is -2.33. The maximum absolute atomic E-state index is 12.7. The van der Waals surface area contributed by atoms with Gasteiger partial charge in [0.2, 0.25) is 0 Å². The number of hydrogen-bond acceptors (Lipinski definition) is 1. The second-order valence-corrected chi connectivity index (χ2v) is 5.65. The van der Waals surface area contributed by atoms with Crippen molar-refractivity contribution >= 4 is 23.3 Å². The Labute approximate surface area is 126 Å². The molecule has 1 unspecified atom stereocenters. The van der Waals surface area contributed by atoms with Gasteiger partial charge < -0.3 is 10.2 Å². The number of rotatable bonds is 1. The summed E-state index contributed by atoms with van der Waals surface area (Å²) in [5.41, 5.74) is 1.32. The van der Waals surface area contributed by atoms with Crippen molar-refractivity contribution in [3.8, 4) is 0 Å². The number of urea groups is 1. The van der Waals surface area contributed by atoms with Crippen LogP contribution in [0.15, 0.2) is 18.2 Å². The number of halogens is 4. The predicted molar refractivity (Wildman–Crippen MR) is 75.6 cm³/mol. The Morgan fingerprint density at radius 2 is 2.14 bits per heavy atom. The Balaban J connectivity index is 2.03. The van der Waals surface area contributed by atoms with Gasteiger partial charge in [-0.15, -0.1) is 0 Å². The molecule has 1 aromatic rings. The molecular weight excluding hydrogens is 305 g/mol. The number of likely N-dealkylation sites (tertiary alicyclic amines) is 1. The molecule has 1 aliphatic rings. The number of nitrogens with zero attached hydrogens (tertiary/aromatic N) is 1. The first-order valence-electron chi connectivity index (χ1n) is 6.66. The van der Waals surface area contributed by atoms with Crippen molar-refractivity contribution in [1.82, 2.24) is 4.90 Å². The number of alkyl halides is 3. The fraction of sp³-hybridized carbons (Fsp3) is 0.500. The van der Waals surface area contributed by atoms with Gasteiger partial charge in [-0.3, -0.25) is 0 Å². The largest absolute Gasteiger partial charge is 0.393 e. The second kappa shape index (κ2) is 6.13. The van der Waals surface area contributed by atoms with Crippen LogP contribution >= 0.6 is 11.6 Å². The quantitative estimate of drug-likeness (QED) is 0.814. The molecule has 1 atom stereocenters. The number of amides is 2. The molecule has 0 saturated carbocycles. The summed E-state index contributed by atoms with van der Waals surface area (Å²) in [4.78, 5) is 13.3. The molecule has 0 aliphatic carbocycles. The molecule has 0 spiro atoms. The van der Waals surface area contributed by atoms with Crippen molar-refractivity contribution in [2.75, 3.05) is 18.4 Å². The van der Waals surface area contributed by atoms with E-state index >= 15 is 0 Å². The van der Waals surface area contributed by atoms with Crippen LogP contribution in [0.2, 0.25) is 5.02 Å². The molecule has 0 radical (unpaired) electrons. The van der Waals surface area contributed by atoms with Crippen LogP contribution in [0.1, 0.15) is 18.4 Å². The lowest BCUT2D eigenvalue weighted by atomic mass is 9.98. The van der Waals surface area contributed by atoms with E-state index < -0.39 is 18.1 Å². The van der Waals surface area contributed by atoms with Crippen LogP contribution in [-0.2, 0) is 0 Å². The van der Waals surface area contributed by atoms with Crippen LogP contribution in [0.4, 0.5) is 23.7 Å². The first-order chi connectivity index (χ1) is 9.77. The van der Waals surface area contributed by atoms with Gasteiger partial charge in [0.15, 0.2) is 0 Å². The van der Waals surface area contributed by atoms with E-state index in [1.807, 2.05) is 0 Å². The van der Waals surface area contributed by atoms with E-state index in [9.17, 15) is 18.0 Å². The summed E-state index contributed by atoms with van der Waals surface area (Å²) in [6.07, 6.45) is -3.82. The van der Waals surface area contributed by atoms with E-state index in [0.717, 1.165) is 5.56 Å². The average Bonchev–Trinajstić information content (AvgIpc) is 2.41. The standard InChI is InChI=1S/C14H16ClF3N2O/c1-9-7-11(15)4-5-12(9)19-13(21)20-6-2-3-10(8-20)14(16,17)18/h4-5,7,10H,2-3,6,8H2,1H3,(H,19,21). The highest BCUT2D eigenvalue weighted by atomic mass is 35.5. The summed E-state index contributed by atoms with van der Waals surface area (Å²) in [7, 11) is 0. The number of aryl methyl sites for hydroxylation is 1. The van der Waals surface area contributed by atoms with Crippen molar-refractivity contribution in [2.45, 2.75) is 25.9 Å². The normalized spacial score (nSPS) is 19.5. The fourth-order valence-corrected chi connectivity index (χ4v) is 2.62. The highest BCUT2D eigenvalue weighted by Crippen LogP contribution is 2.33. The molecule has 1 N–H and O–H groups in total. The number of benzene rings is 1. The minimum Gasteiger partial charge on any atom is -0.324 e. The number of anilines is 1. The van der Waals surface area contributed by atoms with Crippen molar-refractivity contribution in [2.24, 2.45) is 5.92 Å². The summed E-state index contributed by atoms with van der Waals surface area (Å²) >= 11 is 5.82. The zero-order chi connectivity index (χ0) is 15.6. The van der Waals surface area contributed by atoms with Crippen LogP contribution in [0.25, 0.3) is 0 Å². The lowest BCUT2D eigenvalue weighted by Crippen LogP contribution is -2.46. The third-order valence-electron chi connectivity index (χ3n) is 3.60.